The average Bonchev–Trinajstić information content (AvgIpc) is 3.28. The molecular weight excluding hydrogens is 362 g/mol. The summed E-state index contributed by atoms with van der Waals surface area (Å²) in [6.45, 7) is 2.25. The Balaban J connectivity index is 1.54. The quantitative estimate of drug-likeness (QED) is 0.455. The van der Waals surface area contributed by atoms with Crippen LogP contribution in [0.2, 0.25) is 0 Å². The van der Waals surface area contributed by atoms with Crippen molar-refractivity contribution in [3.8, 4) is 11.1 Å². The molecule has 0 radical (unpaired) electrons. The summed E-state index contributed by atoms with van der Waals surface area (Å²) in [4.78, 5) is 13.5. The Morgan fingerprint density at radius 3 is 2.46 bits per heavy atom. The Morgan fingerprint density at radius 1 is 1.04 bits per heavy atom. The number of hydrogen-bond acceptors (Lipinski definition) is 2. The van der Waals surface area contributed by atoms with Crippen molar-refractivity contribution in [3.05, 3.63) is 82.6 Å². The third kappa shape index (κ3) is 4.36. The van der Waals surface area contributed by atoms with Crippen LogP contribution in [0.25, 0.3) is 11.1 Å². The molecule has 1 amide bonds. The lowest BCUT2D eigenvalue weighted by molar-refractivity contribution is 0.0934. The van der Waals surface area contributed by atoms with E-state index in [1.165, 1.54) is 53.7 Å². The third-order valence-electron chi connectivity index (χ3n) is 5.74. The fraction of sp³-hybridized carbons (Fsp3) is 0.320. The van der Waals surface area contributed by atoms with Crippen molar-refractivity contribution in [2.75, 3.05) is 0 Å². The van der Waals surface area contributed by atoms with Crippen LogP contribution in [-0.4, -0.2) is 5.91 Å². The Labute approximate surface area is 171 Å². The van der Waals surface area contributed by atoms with E-state index in [9.17, 15) is 4.79 Å². The molecule has 3 atom stereocenters. The van der Waals surface area contributed by atoms with E-state index in [-0.39, 0.29) is 11.9 Å². The number of thiophene rings is 1. The van der Waals surface area contributed by atoms with Gasteiger partial charge < -0.3 is 5.32 Å². The minimum atomic E-state index is 0.0493. The van der Waals surface area contributed by atoms with Crippen molar-refractivity contribution < 1.29 is 4.79 Å². The topological polar surface area (TPSA) is 29.1 Å². The Bertz CT molecular complexity index is 886. The fourth-order valence-corrected chi connectivity index (χ4v) is 4.68. The van der Waals surface area contributed by atoms with E-state index in [4.69, 9.17) is 0 Å². The van der Waals surface area contributed by atoms with Gasteiger partial charge in [0.1, 0.15) is 0 Å². The molecule has 3 aromatic rings. The largest absolute Gasteiger partial charge is 0.344 e. The molecule has 3 heteroatoms. The van der Waals surface area contributed by atoms with Crippen molar-refractivity contribution in [1.82, 2.24) is 5.32 Å². The van der Waals surface area contributed by atoms with Crippen LogP contribution < -0.4 is 5.32 Å². The highest BCUT2D eigenvalue weighted by Gasteiger charge is 2.43. The number of carbonyl (C=O) groups is 1. The van der Waals surface area contributed by atoms with Gasteiger partial charge in [0.05, 0.1) is 10.9 Å². The van der Waals surface area contributed by atoms with Crippen LogP contribution in [0.15, 0.2) is 72.1 Å². The fourth-order valence-electron chi connectivity index (χ4n) is 4.05. The van der Waals surface area contributed by atoms with E-state index in [1.54, 1.807) is 0 Å². The van der Waals surface area contributed by atoms with Gasteiger partial charge in [0, 0.05) is 0 Å². The lowest BCUT2D eigenvalue weighted by Crippen LogP contribution is -2.29. The zero-order valence-electron chi connectivity index (χ0n) is 16.3. The summed E-state index contributed by atoms with van der Waals surface area (Å²) in [5.74, 6) is 1.34. The number of hydrogen-bond donors (Lipinski definition) is 1. The Hall–Kier alpha value is -2.39. The SMILES string of the molecule is CCCC[C@@H]1C[C@@H]1C(NC(=O)c1cccs1)c1ccc(-c2ccccc2)cc1. The smallest absolute Gasteiger partial charge is 0.261 e. The average molecular weight is 390 g/mol. The van der Waals surface area contributed by atoms with Crippen LogP contribution in [0.5, 0.6) is 0 Å². The Morgan fingerprint density at radius 2 is 1.79 bits per heavy atom. The van der Waals surface area contributed by atoms with Gasteiger partial charge in [0.15, 0.2) is 0 Å². The van der Waals surface area contributed by atoms with Crippen molar-refractivity contribution in [2.24, 2.45) is 11.8 Å². The highest BCUT2D eigenvalue weighted by molar-refractivity contribution is 7.12. The number of benzene rings is 2. The first-order valence-electron chi connectivity index (χ1n) is 10.3. The normalized spacial score (nSPS) is 19.2. The third-order valence-corrected chi connectivity index (χ3v) is 6.61. The van der Waals surface area contributed by atoms with Crippen LogP contribution >= 0.6 is 11.3 Å². The molecule has 28 heavy (non-hydrogen) atoms. The second kappa shape index (κ2) is 8.74. The zero-order chi connectivity index (χ0) is 19.3. The molecule has 1 N–H and O–H groups in total. The van der Waals surface area contributed by atoms with E-state index in [0.29, 0.717) is 5.92 Å². The van der Waals surface area contributed by atoms with Gasteiger partial charge in [-0.1, -0.05) is 86.8 Å². The second-order valence-electron chi connectivity index (χ2n) is 7.72. The maximum Gasteiger partial charge on any atom is 0.261 e. The van der Waals surface area contributed by atoms with Gasteiger partial charge in [-0.05, 0) is 46.4 Å². The Kier molecular flexibility index (Phi) is 5.92. The predicted molar refractivity (Wildman–Crippen MR) is 118 cm³/mol. The molecule has 1 unspecified atom stereocenters. The number of unbranched alkanes of at least 4 members (excludes halogenated alkanes) is 1. The van der Waals surface area contributed by atoms with Gasteiger partial charge in [0.25, 0.3) is 5.91 Å². The monoisotopic (exact) mass is 389 g/mol. The van der Waals surface area contributed by atoms with Crippen LogP contribution in [-0.2, 0) is 0 Å². The van der Waals surface area contributed by atoms with E-state index >= 15 is 0 Å². The first-order valence-corrected chi connectivity index (χ1v) is 11.1. The van der Waals surface area contributed by atoms with Gasteiger partial charge in [-0.15, -0.1) is 11.3 Å². The molecule has 1 aliphatic carbocycles. The standard InChI is InChI=1S/C25H27NOS/c1-2-3-8-21-17-22(21)24(26-25(27)23-11-7-16-28-23)20-14-12-19(13-15-20)18-9-5-4-6-10-18/h4-7,9-16,21-22,24H,2-3,8,17H2,1H3,(H,26,27)/t21-,22+,24?/m1/s1. The van der Waals surface area contributed by atoms with Crippen molar-refractivity contribution in [3.63, 3.8) is 0 Å². The van der Waals surface area contributed by atoms with E-state index < -0.39 is 0 Å². The number of carbonyl (C=O) groups excluding carboxylic acids is 1. The van der Waals surface area contributed by atoms with Gasteiger partial charge >= 0.3 is 0 Å². The van der Waals surface area contributed by atoms with Gasteiger partial charge in [-0.3, -0.25) is 4.79 Å². The van der Waals surface area contributed by atoms with E-state index in [0.717, 1.165) is 10.8 Å². The lowest BCUT2D eigenvalue weighted by atomic mass is 9.96. The number of amides is 1. The molecule has 2 aromatic carbocycles. The number of rotatable bonds is 8. The molecule has 0 aliphatic heterocycles. The molecule has 1 heterocycles. The summed E-state index contributed by atoms with van der Waals surface area (Å²) in [6.07, 6.45) is 5.01. The maximum absolute atomic E-state index is 12.7. The van der Waals surface area contributed by atoms with Gasteiger partial charge in [-0.2, -0.15) is 0 Å². The van der Waals surface area contributed by atoms with Gasteiger partial charge in [0.2, 0.25) is 0 Å². The molecule has 1 fully saturated rings. The van der Waals surface area contributed by atoms with E-state index in [2.05, 4.69) is 60.8 Å². The summed E-state index contributed by atoms with van der Waals surface area (Å²) < 4.78 is 0. The molecule has 144 valence electrons. The molecule has 2 nitrogen and oxygen atoms in total. The highest BCUT2D eigenvalue weighted by atomic mass is 32.1. The summed E-state index contributed by atoms with van der Waals surface area (Å²) in [6, 6.07) is 23.1. The second-order valence-corrected chi connectivity index (χ2v) is 8.67. The summed E-state index contributed by atoms with van der Waals surface area (Å²) in [5, 5.41) is 5.29. The van der Waals surface area contributed by atoms with Gasteiger partial charge in [-0.25, -0.2) is 0 Å². The number of nitrogens with one attached hydrogen (secondary N) is 1. The first kappa shape index (κ1) is 18.9. The summed E-state index contributed by atoms with van der Waals surface area (Å²) in [7, 11) is 0. The van der Waals surface area contributed by atoms with E-state index in [1.807, 2.05) is 23.6 Å². The predicted octanol–water partition coefficient (Wildman–Crippen LogP) is 6.71. The molecular formula is C25H27NOS. The minimum Gasteiger partial charge on any atom is -0.344 e. The van der Waals surface area contributed by atoms with Crippen LogP contribution in [0.1, 0.15) is 53.9 Å². The van der Waals surface area contributed by atoms with Crippen molar-refractivity contribution in [2.45, 2.75) is 38.6 Å². The molecule has 0 saturated heterocycles. The lowest BCUT2D eigenvalue weighted by Gasteiger charge is -2.20. The van der Waals surface area contributed by atoms with Crippen LogP contribution in [0.3, 0.4) is 0 Å². The molecule has 1 aromatic heterocycles. The minimum absolute atomic E-state index is 0.0493. The van der Waals surface area contributed by atoms with Crippen LogP contribution in [0, 0.1) is 11.8 Å². The van der Waals surface area contributed by atoms with Crippen LogP contribution in [0.4, 0.5) is 0 Å². The first-order chi connectivity index (χ1) is 13.8. The highest BCUT2D eigenvalue weighted by Crippen LogP contribution is 2.50. The summed E-state index contributed by atoms with van der Waals surface area (Å²) in [5.41, 5.74) is 3.65. The summed E-state index contributed by atoms with van der Waals surface area (Å²) >= 11 is 1.50. The molecule has 1 saturated carbocycles. The molecule has 0 bridgehead atoms. The maximum atomic E-state index is 12.7. The molecule has 1 aliphatic rings. The molecule has 4 rings (SSSR count). The van der Waals surface area contributed by atoms with Crippen molar-refractivity contribution in [1.29, 1.82) is 0 Å². The molecule has 0 spiro atoms. The van der Waals surface area contributed by atoms with Crippen molar-refractivity contribution >= 4 is 17.2 Å². The zero-order valence-corrected chi connectivity index (χ0v) is 17.1.